The monoisotopic (exact) mass is 359 g/mol. The second-order valence-electron chi connectivity index (χ2n) is 5.63. The molecule has 0 aliphatic carbocycles. The van der Waals surface area contributed by atoms with E-state index >= 15 is 0 Å². The molecule has 6 nitrogen and oxygen atoms in total. The first-order valence-electron chi connectivity index (χ1n) is 8.07. The van der Waals surface area contributed by atoms with Crippen molar-refractivity contribution in [1.29, 1.82) is 0 Å². The zero-order chi connectivity index (χ0) is 17.8. The van der Waals surface area contributed by atoms with Gasteiger partial charge in [-0.05, 0) is 30.7 Å². The predicted molar refractivity (Wildman–Crippen MR) is 96.0 cm³/mol. The fraction of sp³-hybridized carbons (Fsp3) is 0.278. The zero-order valence-electron chi connectivity index (χ0n) is 13.7. The summed E-state index contributed by atoms with van der Waals surface area (Å²) in [5, 5.41) is 3.18. The van der Waals surface area contributed by atoms with Gasteiger partial charge in [-0.25, -0.2) is 4.98 Å². The SMILES string of the molecule is CCC1Oc2ccccc2N(CCC(=O)Nc2cc(Cl)ccn2)C1=O. The number of benzene rings is 1. The number of nitrogens with zero attached hydrogens (tertiary/aromatic N) is 2. The maximum absolute atomic E-state index is 12.6. The van der Waals surface area contributed by atoms with Crippen LogP contribution in [0.5, 0.6) is 5.75 Å². The summed E-state index contributed by atoms with van der Waals surface area (Å²) >= 11 is 5.88. The number of halogens is 1. The van der Waals surface area contributed by atoms with Gasteiger partial charge in [0.1, 0.15) is 11.6 Å². The van der Waals surface area contributed by atoms with Crippen LogP contribution in [0.2, 0.25) is 5.02 Å². The minimum absolute atomic E-state index is 0.130. The highest BCUT2D eigenvalue weighted by molar-refractivity contribution is 6.30. The molecule has 1 atom stereocenters. The summed E-state index contributed by atoms with van der Waals surface area (Å²) < 4.78 is 5.72. The van der Waals surface area contributed by atoms with E-state index in [0.29, 0.717) is 28.7 Å². The highest BCUT2D eigenvalue weighted by Crippen LogP contribution is 2.34. The number of amides is 2. The minimum Gasteiger partial charge on any atom is -0.478 e. The van der Waals surface area contributed by atoms with Gasteiger partial charge in [-0.2, -0.15) is 0 Å². The number of rotatable bonds is 5. The zero-order valence-corrected chi connectivity index (χ0v) is 14.5. The number of carbonyl (C=O) groups is 2. The lowest BCUT2D eigenvalue weighted by Crippen LogP contribution is -2.46. The first-order valence-corrected chi connectivity index (χ1v) is 8.44. The van der Waals surface area contributed by atoms with Gasteiger partial charge in [-0.1, -0.05) is 30.7 Å². The van der Waals surface area contributed by atoms with Gasteiger partial charge in [0.2, 0.25) is 5.91 Å². The Morgan fingerprint density at radius 3 is 2.92 bits per heavy atom. The Labute approximate surface area is 150 Å². The fourth-order valence-electron chi connectivity index (χ4n) is 2.66. The van der Waals surface area contributed by atoms with Crippen LogP contribution in [0.15, 0.2) is 42.6 Å². The Hall–Kier alpha value is -2.60. The first kappa shape index (κ1) is 17.2. The summed E-state index contributed by atoms with van der Waals surface area (Å²) in [5.74, 6) is 0.679. The van der Waals surface area contributed by atoms with E-state index in [9.17, 15) is 9.59 Å². The summed E-state index contributed by atoms with van der Waals surface area (Å²) in [4.78, 5) is 30.4. The molecule has 0 bridgehead atoms. The van der Waals surface area contributed by atoms with E-state index in [0.717, 1.165) is 0 Å². The van der Waals surface area contributed by atoms with Gasteiger partial charge in [-0.3, -0.25) is 9.59 Å². The van der Waals surface area contributed by atoms with Crippen molar-refractivity contribution in [2.24, 2.45) is 0 Å². The summed E-state index contributed by atoms with van der Waals surface area (Å²) in [6.45, 7) is 2.16. The Morgan fingerprint density at radius 1 is 1.36 bits per heavy atom. The van der Waals surface area contributed by atoms with Crippen molar-refractivity contribution in [3.05, 3.63) is 47.6 Å². The second-order valence-corrected chi connectivity index (χ2v) is 6.07. The number of hydrogen-bond acceptors (Lipinski definition) is 4. The third kappa shape index (κ3) is 3.91. The number of hydrogen-bond donors (Lipinski definition) is 1. The average Bonchev–Trinajstić information content (AvgIpc) is 2.60. The van der Waals surface area contributed by atoms with E-state index in [1.165, 1.54) is 6.20 Å². The molecule has 0 spiro atoms. The van der Waals surface area contributed by atoms with Gasteiger partial charge in [0, 0.05) is 24.2 Å². The van der Waals surface area contributed by atoms with E-state index in [1.807, 2.05) is 31.2 Å². The molecule has 7 heteroatoms. The van der Waals surface area contributed by atoms with E-state index in [2.05, 4.69) is 10.3 Å². The molecular formula is C18H18ClN3O3. The van der Waals surface area contributed by atoms with Gasteiger partial charge in [0.05, 0.1) is 5.69 Å². The van der Waals surface area contributed by atoms with Crippen LogP contribution < -0.4 is 15.0 Å². The number of aromatic nitrogens is 1. The lowest BCUT2D eigenvalue weighted by Gasteiger charge is -2.33. The van der Waals surface area contributed by atoms with Crippen LogP contribution in [0, 0.1) is 0 Å². The molecule has 1 aromatic carbocycles. The van der Waals surface area contributed by atoms with E-state index in [-0.39, 0.29) is 24.8 Å². The number of nitrogens with one attached hydrogen (secondary N) is 1. The normalized spacial score (nSPS) is 16.2. The molecule has 3 rings (SSSR count). The molecule has 130 valence electrons. The third-order valence-electron chi connectivity index (χ3n) is 3.89. The van der Waals surface area contributed by atoms with Crippen molar-refractivity contribution < 1.29 is 14.3 Å². The van der Waals surface area contributed by atoms with Gasteiger partial charge in [0.15, 0.2) is 6.10 Å². The molecule has 1 aliphatic heterocycles. The van der Waals surface area contributed by atoms with Gasteiger partial charge in [-0.15, -0.1) is 0 Å². The molecule has 2 amide bonds. The number of para-hydroxylation sites is 2. The quantitative estimate of drug-likeness (QED) is 0.889. The molecule has 1 N–H and O–H groups in total. The molecule has 0 saturated carbocycles. The predicted octanol–water partition coefficient (Wildman–Crippen LogP) is 3.27. The molecule has 1 aromatic heterocycles. The van der Waals surface area contributed by atoms with Crippen molar-refractivity contribution in [1.82, 2.24) is 4.98 Å². The van der Waals surface area contributed by atoms with Crippen molar-refractivity contribution >= 4 is 34.9 Å². The summed E-state index contributed by atoms with van der Waals surface area (Å²) in [5.41, 5.74) is 0.686. The number of anilines is 2. The van der Waals surface area contributed by atoms with Crippen LogP contribution in [-0.2, 0) is 9.59 Å². The van der Waals surface area contributed by atoms with Gasteiger partial charge in [0.25, 0.3) is 5.91 Å². The minimum atomic E-state index is -0.521. The van der Waals surface area contributed by atoms with Crippen molar-refractivity contribution in [2.45, 2.75) is 25.9 Å². The number of fused-ring (bicyclic) bond motifs is 1. The van der Waals surface area contributed by atoms with Crippen LogP contribution in [0.25, 0.3) is 0 Å². The molecule has 0 radical (unpaired) electrons. The molecule has 0 saturated heterocycles. The third-order valence-corrected chi connectivity index (χ3v) is 4.12. The van der Waals surface area contributed by atoms with Crippen molar-refractivity contribution in [3.63, 3.8) is 0 Å². The van der Waals surface area contributed by atoms with E-state index < -0.39 is 6.10 Å². The van der Waals surface area contributed by atoms with E-state index in [4.69, 9.17) is 16.3 Å². The number of pyridine rings is 1. The lowest BCUT2D eigenvalue weighted by molar-refractivity contribution is -0.126. The summed E-state index contributed by atoms with van der Waals surface area (Å²) in [7, 11) is 0. The average molecular weight is 360 g/mol. The standard InChI is InChI=1S/C18H18ClN3O3/c1-2-14-18(24)22(13-5-3-4-6-15(13)25-14)10-8-17(23)21-16-11-12(19)7-9-20-16/h3-7,9,11,14H,2,8,10H2,1H3,(H,20,21,23). The topological polar surface area (TPSA) is 71.5 Å². The molecular weight excluding hydrogens is 342 g/mol. The maximum atomic E-state index is 12.6. The second kappa shape index (κ2) is 7.53. The number of carbonyl (C=O) groups excluding carboxylic acids is 2. The van der Waals surface area contributed by atoms with Gasteiger partial charge < -0.3 is 15.0 Å². The Balaban J connectivity index is 1.69. The Morgan fingerprint density at radius 2 is 2.16 bits per heavy atom. The maximum Gasteiger partial charge on any atom is 0.268 e. The molecule has 1 aliphatic rings. The first-order chi connectivity index (χ1) is 12.1. The smallest absolute Gasteiger partial charge is 0.268 e. The van der Waals surface area contributed by atoms with Crippen LogP contribution >= 0.6 is 11.6 Å². The van der Waals surface area contributed by atoms with E-state index in [1.54, 1.807) is 17.0 Å². The van der Waals surface area contributed by atoms with Crippen molar-refractivity contribution in [3.8, 4) is 5.75 Å². The highest BCUT2D eigenvalue weighted by atomic mass is 35.5. The Kier molecular flexibility index (Phi) is 5.19. The summed E-state index contributed by atoms with van der Waals surface area (Å²) in [6.07, 6.45) is 1.71. The van der Waals surface area contributed by atoms with Crippen LogP contribution in [0.4, 0.5) is 11.5 Å². The molecule has 25 heavy (non-hydrogen) atoms. The lowest BCUT2D eigenvalue weighted by atomic mass is 10.1. The van der Waals surface area contributed by atoms with Crippen LogP contribution in [-0.4, -0.2) is 29.4 Å². The van der Waals surface area contributed by atoms with Crippen molar-refractivity contribution in [2.75, 3.05) is 16.8 Å². The number of ether oxygens (including phenoxy) is 1. The molecule has 0 fully saturated rings. The molecule has 1 unspecified atom stereocenters. The highest BCUT2D eigenvalue weighted by Gasteiger charge is 2.33. The summed E-state index contributed by atoms with van der Waals surface area (Å²) in [6, 6.07) is 10.5. The molecule has 2 heterocycles. The fourth-order valence-corrected chi connectivity index (χ4v) is 2.82. The van der Waals surface area contributed by atoms with Crippen LogP contribution in [0.1, 0.15) is 19.8 Å². The largest absolute Gasteiger partial charge is 0.478 e. The van der Waals surface area contributed by atoms with Gasteiger partial charge >= 0.3 is 0 Å². The molecule has 2 aromatic rings. The van der Waals surface area contributed by atoms with Crippen LogP contribution in [0.3, 0.4) is 0 Å². The Bertz CT molecular complexity index is 797.